The van der Waals surface area contributed by atoms with Gasteiger partial charge in [0.2, 0.25) is 0 Å². The molecule has 0 aliphatic rings. The molecular weight excluding hydrogens is 341 g/mol. The second-order valence-electron chi connectivity index (χ2n) is 4.61. The van der Waals surface area contributed by atoms with Crippen LogP contribution in [0, 0.1) is 0 Å². The first-order valence-electron chi connectivity index (χ1n) is 6.50. The number of rotatable bonds is 3. The van der Waals surface area contributed by atoms with Crippen molar-refractivity contribution in [3.05, 3.63) is 46.3 Å². The Kier molecular flexibility index (Phi) is 4.11. The minimum Gasteiger partial charge on any atom is -0.493 e. The number of benzene rings is 1. The molecule has 118 valence electrons. The number of methoxy groups -OCH3 is 2. The fourth-order valence-corrected chi connectivity index (χ4v) is 2.76. The zero-order valence-electron chi connectivity index (χ0n) is 12.2. The fourth-order valence-electron chi connectivity index (χ4n) is 2.24. The Morgan fingerprint density at radius 3 is 2.26 bits per heavy atom. The lowest BCUT2D eigenvalue weighted by Gasteiger charge is -2.09. The number of aromatic nitrogens is 3. The third kappa shape index (κ3) is 2.60. The van der Waals surface area contributed by atoms with E-state index in [1.807, 2.05) is 0 Å². The molecule has 0 fully saturated rings. The number of fused-ring (bicyclic) bond motifs is 1. The molecule has 2 heterocycles. The van der Waals surface area contributed by atoms with Crippen LogP contribution in [0.2, 0.25) is 10.0 Å². The maximum Gasteiger partial charge on any atom is 0.281 e. The van der Waals surface area contributed by atoms with Crippen LogP contribution in [0.3, 0.4) is 0 Å². The van der Waals surface area contributed by atoms with Crippen LogP contribution in [0.1, 0.15) is 10.4 Å². The molecule has 0 spiro atoms. The van der Waals surface area contributed by atoms with Gasteiger partial charge in [-0.1, -0.05) is 23.2 Å². The summed E-state index contributed by atoms with van der Waals surface area (Å²) in [6.45, 7) is 0. The number of hydrogen-bond acceptors (Lipinski definition) is 5. The third-order valence-corrected chi connectivity index (χ3v) is 3.91. The van der Waals surface area contributed by atoms with Crippen LogP contribution in [0.5, 0.6) is 11.5 Å². The highest BCUT2D eigenvalue weighted by Gasteiger charge is 2.21. The van der Waals surface area contributed by atoms with Gasteiger partial charge in [0.05, 0.1) is 41.5 Å². The van der Waals surface area contributed by atoms with Crippen LogP contribution in [-0.2, 0) is 0 Å². The number of hydrogen-bond donors (Lipinski definition) is 0. The number of halogens is 2. The van der Waals surface area contributed by atoms with Crippen molar-refractivity contribution in [3.63, 3.8) is 0 Å². The molecule has 0 radical (unpaired) electrons. The molecule has 2 aromatic heterocycles. The summed E-state index contributed by atoms with van der Waals surface area (Å²) >= 11 is 12.1. The van der Waals surface area contributed by atoms with E-state index in [-0.39, 0.29) is 15.6 Å². The smallest absolute Gasteiger partial charge is 0.281 e. The van der Waals surface area contributed by atoms with E-state index in [1.54, 1.807) is 18.3 Å². The molecule has 6 nitrogen and oxygen atoms in total. The highest BCUT2D eigenvalue weighted by atomic mass is 35.5. The maximum atomic E-state index is 12.7. The van der Waals surface area contributed by atoms with E-state index >= 15 is 0 Å². The first kappa shape index (κ1) is 15.6. The van der Waals surface area contributed by atoms with Gasteiger partial charge < -0.3 is 9.47 Å². The van der Waals surface area contributed by atoms with E-state index in [2.05, 4.69) is 10.1 Å². The summed E-state index contributed by atoms with van der Waals surface area (Å²) in [6, 6.07) is 3.41. The molecule has 0 N–H and O–H groups in total. The Morgan fingerprint density at radius 2 is 1.65 bits per heavy atom. The first-order valence-corrected chi connectivity index (χ1v) is 7.26. The molecule has 0 saturated carbocycles. The summed E-state index contributed by atoms with van der Waals surface area (Å²) in [5.41, 5.74) is 0.694. The minimum atomic E-state index is -0.454. The molecule has 3 aromatic rings. The van der Waals surface area contributed by atoms with Crippen molar-refractivity contribution in [2.75, 3.05) is 14.2 Å². The van der Waals surface area contributed by atoms with E-state index in [9.17, 15) is 4.79 Å². The highest BCUT2D eigenvalue weighted by Crippen LogP contribution is 2.33. The van der Waals surface area contributed by atoms with Gasteiger partial charge in [0.15, 0.2) is 11.5 Å². The first-order chi connectivity index (χ1) is 11.1. The number of pyridine rings is 1. The van der Waals surface area contributed by atoms with Crippen LogP contribution < -0.4 is 9.47 Å². The van der Waals surface area contributed by atoms with Crippen LogP contribution in [0.4, 0.5) is 0 Å². The summed E-state index contributed by atoms with van der Waals surface area (Å²) in [4.78, 5) is 16.6. The van der Waals surface area contributed by atoms with Crippen LogP contribution in [0.15, 0.2) is 30.7 Å². The van der Waals surface area contributed by atoms with Gasteiger partial charge in [-0.05, 0) is 6.07 Å². The molecule has 0 aliphatic heterocycles. The topological polar surface area (TPSA) is 66.2 Å². The Labute approximate surface area is 141 Å². The average molecular weight is 352 g/mol. The zero-order chi connectivity index (χ0) is 16.6. The van der Waals surface area contributed by atoms with Gasteiger partial charge in [-0.3, -0.25) is 9.78 Å². The van der Waals surface area contributed by atoms with Crippen molar-refractivity contribution in [2.24, 2.45) is 0 Å². The number of carbonyl (C=O) groups excluding carboxylic acids is 1. The van der Waals surface area contributed by atoms with Gasteiger partial charge in [0.25, 0.3) is 5.91 Å². The van der Waals surface area contributed by atoms with Crippen molar-refractivity contribution in [1.29, 1.82) is 0 Å². The fraction of sp³-hybridized carbons (Fsp3) is 0.133. The Balaban J connectivity index is 2.19. The molecule has 0 saturated heterocycles. The summed E-state index contributed by atoms with van der Waals surface area (Å²) in [6.07, 6.45) is 4.27. The SMILES string of the molecule is COc1cc2cnn(C(=O)c3c(Cl)cncc3Cl)c2cc1OC. The van der Waals surface area contributed by atoms with Gasteiger partial charge in [0, 0.05) is 23.8 Å². The normalized spacial score (nSPS) is 10.8. The summed E-state index contributed by atoms with van der Waals surface area (Å²) in [5, 5.41) is 5.16. The number of nitrogens with zero attached hydrogens (tertiary/aromatic N) is 3. The van der Waals surface area contributed by atoms with Gasteiger partial charge in [-0.15, -0.1) is 0 Å². The Hall–Kier alpha value is -2.31. The number of carbonyl (C=O) groups is 1. The lowest BCUT2D eigenvalue weighted by molar-refractivity contribution is 0.0950. The standard InChI is InChI=1S/C15H11Cl2N3O3/c1-22-12-3-8-5-19-20(11(8)4-13(12)23-2)15(21)14-9(16)6-18-7-10(14)17/h3-7H,1-2H3. The average Bonchev–Trinajstić information content (AvgIpc) is 2.95. The molecule has 0 aliphatic carbocycles. The summed E-state index contributed by atoms with van der Waals surface area (Å²) in [5.74, 6) is 0.582. The van der Waals surface area contributed by atoms with Crippen molar-refractivity contribution in [1.82, 2.24) is 14.8 Å². The van der Waals surface area contributed by atoms with E-state index in [0.29, 0.717) is 17.0 Å². The predicted molar refractivity (Wildman–Crippen MR) is 86.8 cm³/mol. The summed E-state index contributed by atoms with van der Waals surface area (Å²) in [7, 11) is 3.05. The molecule has 0 amide bonds. The Bertz CT molecular complexity index is 888. The second-order valence-corrected chi connectivity index (χ2v) is 5.42. The van der Waals surface area contributed by atoms with Gasteiger partial charge in [-0.2, -0.15) is 9.78 Å². The van der Waals surface area contributed by atoms with Crippen molar-refractivity contribution < 1.29 is 14.3 Å². The number of ether oxygens (including phenoxy) is 2. The zero-order valence-corrected chi connectivity index (χ0v) is 13.7. The van der Waals surface area contributed by atoms with Crippen molar-refractivity contribution >= 4 is 40.0 Å². The molecule has 23 heavy (non-hydrogen) atoms. The van der Waals surface area contributed by atoms with Crippen LogP contribution in [0.25, 0.3) is 10.9 Å². The van der Waals surface area contributed by atoms with E-state index < -0.39 is 5.91 Å². The van der Waals surface area contributed by atoms with Crippen molar-refractivity contribution in [3.8, 4) is 11.5 Å². The van der Waals surface area contributed by atoms with Crippen molar-refractivity contribution in [2.45, 2.75) is 0 Å². The molecule has 0 atom stereocenters. The lowest BCUT2D eigenvalue weighted by atomic mass is 10.2. The van der Waals surface area contributed by atoms with Gasteiger partial charge >= 0.3 is 0 Å². The van der Waals surface area contributed by atoms with Crippen LogP contribution >= 0.6 is 23.2 Å². The van der Waals surface area contributed by atoms with Gasteiger partial charge in [0.1, 0.15) is 0 Å². The van der Waals surface area contributed by atoms with Gasteiger partial charge in [-0.25, -0.2) is 0 Å². The van der Waals surface area contributed by atoms with Crippen LogP contribution in [-0.4, -0.2) is 34.9 Å². The molecule has 1 aromatic carbocycles. The monoisotopic (exact) mass is 351 g/mol. The summed E-state index contributed by atoms with van der Waals surface area (Å²) < 4.78 is 11.7. The Morgan fingerprint density at radius 1 is 1.04 bits per heavy atom. The lowest BCUT2D eigenvalue weighted by Crippen LogP contribution is -2.14. The third-order valence-electron chi connectivity index (χ3n) is 3.33. The predicted octanol–water partition coefficient (Wildman–Crippen LogP) is 3.44. The van der Waals surface area contributed by atoms with E-state index in [1.165, 1.54) is 31.3 Å². The largest absolute Gasteiger partial charge is 0.493 e. The molecule has 0 unspecified atom stereocenters. The molecule has 3 rings (SSSR count). The van der Waals surface area contributed by atoms with E-state index in [4.69, 9.17) is 32.7 Å². The molecule has 8 heteroatoms. The second kappa shape index (κ2) is 6.06. The quantitative estimate of drug-likeness (QED) is 0.722. The minimum absolute atomic E-state index is 0.142. The maximum absolute atomic E-state index is 12.7. The molecular formula is C15H11Cl2N3O3. The highest BCUT2D eigenvalue weighted by molar-refractivity contribution is 6.39. The van der Waals surface area contributed by atoms with E-state index in [0.717, 1.165) is 5.39 Å². The molecule has 0 bridgehead atoms.